The Hall–Kier alpha value is -1.58. The number of hydrogen-bond acceptors (Lipinski definition) is 2. The van der Waals surface area contributed by atoms with Gasteiger partial charge in [-0.3, -0.25) is 0 Å². The number of nitrogens with two attached hydrogens (primary N) is 1. The van der Waals surface area contributed by atoms with E-state index in [-0.39, 0.29) is 11.8 Å². The second-order valence-corrected chi connectivity index (χ2v) is 5.39. The van der Waals surface area contributed by atoms with Gasteiger partial charge in [0.2, 0.25) is 0 Å². The van der Waals surface area contributed by atoms with Crippen molar-refractivity contribution in [1.82, 2.24) is 0 Å². The minimum absolute atomic E-state index is 0.183. The summed E-state index contributed by atoms with van der Waals surface area (Å²) < 4.78 is 19.7. The van der Waals surface area contributed by atoms with Crippen molar-refractivity contribution < 1.29 is 9.13 Å². The summed E-state index contributed by atoms with van der Waals surface area (Å²) in [4.78, 5) is 0. The Balaban J connectivity index is 2.36. The highest BCUT2D eigenvalue weighted by Gasteiger charge is 2.12. The molecule has 2 N–H and O–H groups in total. The average Bonchev–Trinajstić information content (AvgIpc) is 2.34. The summed E-state index contributed by atoms with van der Waals surface area (Å²) in [6.45, 7) is 5.56. The highest BCUT2D eigenvalue weighted by molar-refractivity contribution is 6.30. The zero-order chi connectivity index (χ0) is 14.9. The van der Waals surface area contributed by atoms with Crippen LogP contribution in [-0.4, -0.2) is 0 Å². The monoisotopic (exact) mass is 293 g/mol. The summed E-state index contributed by atoms with van der Waals surface area (Å²) in [6, 6.07) is 8.14. The summed E-state index contributed by atoms with van der Waals surface area (Å²) in [7, 11) is 0. The fraction of sp³-hybridized carbons (Fsp3) is 0.250. The SMILES string of the molecule is Cc1cc(Cl)cc(C)c1Oc1ccc([C@H](C)N)cc1F. The molecule has 0 unspecified atom stereocenters. The largest absolute Gasteiger partial charge is 0.454 e. The third kappa shape index (κ3) is 3.11. The molecule has 0 aliphatic heterocycles. The van der Waals surface area contributed by atoms with Crippen molar-refractivity contribution in [3.05, 3.63) is 57.9 Å². The van der Waals surface area contributed by atoms with Gasteiger partial charge >= 0.3 is 0 Å². The zero-order valence-corrected chi connectivity index (χ0v) is 12.5. The van der Waals surface area contributed by atoms with E-state index in [1.807, 2.05) is 20.8 Å². The van der Waals surface area contributed by atoms with E-state index in [0.29, 0.717) is 10.8 Å². The summed E-state index contributed by atoms with van der Waals surface area (Å²) in [5.74, 6) is 0.387. The highest BCUT2D eigenvalue weighted by atomic mass is 35.5. The topological polar surface area (TPSA) is 35.2 Å². The maximum atomic E-state index is 14.0. The van der Waals surface area contributed by atoms with Gasteiger partial charge in [-0.1, -0.05) is 17.7 Å². The number of rotatable bonds is 3. The number of ether oxygens (including phenoxy) is 1. The van der Waals surface area contributed by atoms with Gasteiger partial charge in [0.25, 0.3) is 0 Å². The van der Waals surface area contributed by atoms with Gasteiger partial charge in [0, 0.05) is 11.1 Å². The van der Waals surface area contributed by atoms with Crippen LogP contribution in [0.5, 0.6) is 11.5 Å². The molecular formula is C16H17ClFNO. The van der Waals surface area contributed by atoms with Crippen LogP contribution in [-0.2, 0) is 0 Å². The van der Waals surface area contributed by atoms with Gasteiger partial charge in [-0.2, -0.15) is 0 Å². The maximum Gasteiger partial charge on any atom is 0.166 e. The number of benzene rings is 2. The van der Waals surface area contributed by atoms with E-state index in [1.165, 1.54) is 6.07 Å². The minimum Gasteiger partial charge on any atom is -0.454 e. The quantitative estimate of drug-likeness (QED) is 0.873. The first-order chi connectivity index (χ1) is 9.38. The Morgan fingerprint density at radius 3 is 2.25 bits per heavy atom. The lowest BCUT2D eigenvalue weighted by molar-refractivity contribution is 0.436. The molecule has 2 nitrogen and oxygen atoms in total. The average molecular weight is 294 g/mol. The van der Waals surface area contributed by atoms with Crippen LogP contribution in [0.2, 0.25) is 5.02 Å². The number of halogens is 2. The van der Waals surface area contributed by atoms with Crippen LogP contribution in [0.15, 0.2) is 30.3 Å². The second-order valence-electron chi connectivity index (χ2n) is 4.95. The molecular weight excluding hydrogens is 277 g/mol. The van der Waals surface area contributed by atoms with Gasteiger partial charge < -0.3 is 10.5 Å². The Kier molecular flexibility index (Phi) is 4.31. The normalized spacial score (nSPS) is 12.3. The van der Waals surface area contributed by atoms with Gasteiger partial charge in [-0.15, -0.1) is 0 Å². The molecule has 0 saturated carbocycles. The van der Waals surface area contributed by atoms with Crippen LogP contribution in [0, 0.1) is 19.7 Å². The lowest BCUT2D eigenvalue weighted by Crippen LogP contribution is -2.05. The Morgan fingerprint density at radius 2 is 1.75 bits per heavy atom. The van der Waals surface area contributed by atoms with Crippen LogP contribution >= 0.6 is 11.6 Å². The predicted molar refractivity (Wildman–Crippen MR) is 80.0 cm³/mol. The Labute approximate surface area is 123 Å². The van der Waals surface area contributed by atoms with Crippen LogP contribution in [0.1, 0.15) is 29.7 Å². The van der Waals surface area contributed by atoms with Gasteiger partial charge in [-0.25, -0.2) is 4.39 Å². The van der Waals surface area contributed by atoms with E-state index in [4.69, 9.17) is 22.1 Å². The van der Waals surface area contributed by atoms with Gasteiger partial charge in [-0.05, 0) is 61.7 Å². The number of hydrogen-bond donors (Lipinski definition) is 1. The second kappa shape index (κ2) is 5.81. The molecule has 1 atom stereocenters. The van der Waals surface area contributed by atoms with Crippen molar-refractivity contribution in [3.8, 4) is 11.5 Å². The van der Waals surface area contributed by atoms with Crippen molar-refractivity contribution >= 4 is 11.6 Å². The zero-order valence-electron chi connectivity index (χ0n) is 11.7. The first-order valence-corrected chi connectivity index (χ1v) is 6.76. The molecule has 2 aromatic rings. The van der Waals surface area contributed by atoms with E-state index in [0.717, 1.165) is 16.7 Å². The van der Waals surface area contributed by atoms with Crippen molar-refractivity contribution in [2.45, 2.75) is 26.8 Å². The van der Waals surface area contributed by atoms with Crippen LogP contribution in [0.4, 0.5) is 4.39 Å². The summed E-state index contributed by atoms with van der Waals surface area (Å²) in [6.07, 6.45) is 0. The van der Waals surface area contributed by atoms with Crippen LogP contribution in [0.25, 0.3) is 0 Å². The molecule has 0 aromatic heterocycles. The van der Waals surface area contributed by atoms with E-state index in [1.54, 1.807) is 24.3 Å². The summed E-state index contributed by atoms with van der Waals surface area (Å²) in [5, 5.41) is 0.639. The summed E-state index contributed by atoms with van der Waals surface area (Å²) in [5.41, 5.74) is 8.20. The smallest absolute Gasteiger partial charge is 0.166 e. The fourth-order valence-electron chi connectivity index (χ4n) is 2.05. The lowest BCUT2D eigenvalue weighted by atomic mass is 10.1. The van der Waals surface area contributed by atoms with Crippen molar-refractivity contribution in [3.63, 3.8) is 0 Å². The van der Waals surface area contributed by atoms with E-state index in [9.17, 15) is 4.39 Å². The molecule has 4 heteroatoms. The lowest BCUT2D eigenvalue weighted by Gasteiger charge is -2.14. The third-order valence-electron chi connectivity index (χ3n) is 3.12. The van der Waals surface area contributed by atoms with Crippen molar-refractivity contribution in [2.24, 2.45) is 5.73 Å². The van der Waals surface area contributed by atoms with E-state index >= 15 is 0 Å². The molecule has 0 fully saturated rings. The van der Waals surface area contributed by atoms with Crippen LogP contribution in [0.3, 0.4) is 0 Å². The molecule has 106 valence electrons. The van der Waals surface area contributed by atoms with Crippen LogP contribution < -0.4 is 10.5 Å². The molecule has 0 aliphatic rings. The molecule has 0 aliphatic carbocycles. The maximum absolute atomic E-state index is 14.0. The highest BCUT2D eigenvalue weighted by Crippen LogP contribution is 2.33. The molecule has 0 radical (unpaired) electrons. The molecule has 0 heterocycles. The number of aryl methyl sites for hydroxylation is 2. The minimum atomic E-state index is -0.423. The fourth-order valence-corrected chi connectivity index (χ4v) is 2.38. The van der Waals surface area contributed by atoms with Crippen molar-refractivity contribution in [1.29, 1.82) is 0 Å². The van der Waals surface area contributed by atoms with Gasteiger partial charge in [0.15, 0.2) is 11.6 Å². The first kappa shape index (κ1) is 14.8. The van der Waals surface area contributed by atoms with Gasteiger partial charge in [0.05, 0.1) is 0 Å². The van der Waals surface area contributed by atoms with Gasteiger partial charge in [0.1, 0.15) is 5.75 Å². The Morgan fingerprint density at radius 1 is 1.15 bits per heavy atom. The molecule has 0 saturated heterocycles. The molecule has 20 heavy (non-hydrogen) atoms. The third-order valence-corrected chi connectivity index (χ3v) is 3.34. The Bertz CT molecular complexity index is 617. The molecule has 0 bridgehead atoms. The molecule has 0 amide bonds. The molecule has 2 rings (SSSR count). The summed E-state index contributed by atoms with van der Waals surface area (Å²) >= 11 is 5.97. The van der Waals surface area contributed by atoms with E-state index in [2.05, 4.69) is 0 Å². The predicted octanol–water partition coefficient (Wildman–Crippen LogP) is 4.91. The standard InChI is InChI=1S/C16H17ClFNO/c1-9-6-13(17)7-10(2)16(9)20-15-5-4-12(11(3)19)8-14(15)18/h4-8,11H,19H2,1-3H3/t11-/m0/s1. The molecule has 2 aromatic carbocycles. The van der Waals surface area contributed by atoms with Crippen molar-refractivity contribution in [2.75, 3.05) is 0 Å². The molecule has 0 spiro atoms. The first-order valence-electron chi connectivity index (χ1n) is 6.38. The van der Waals surface area contributed by atoms with E-state index < -0.39 is 5.82 Å².